The highest BCUT2D eigenvalue weighted by molar-refractivity contribution is 7.16. The number of aryl methyl sites for hydroxylation is 1. The van der Waals surface area contributed by atoms with Crippen LogP contribution in [0.2, 0.25) is 0 Å². The van der Waals surface area contributed by atoms with Crippen molar-refractivity contribution in [3.8, 4) is 0 Å². The Bertz CT molecular complexity index is 205. The Balaban J connectivity index is 3.29. The van der Waals surface area contributed by atoms with E-state index in [1.807, 2.05) is 13.8 Å². The standard InChI is InChI=1S/C6H10N2S/c1-3-4(2)9-6(8)5(3)7/h7-8H2,1-2H3. The minimum absolute atomic E-state index is 0.741. The summed E-state index contributed by atoms with van der Waals surface area (Å²) >= 11 is 1.55. The molecule has 2 nitrogen and oxygen atoms in total. The zero-order chi connectivity index (χ0) is 7.02. The van der Waals surface area contributed by atoms with Gasteiger partial charge in [-0.1, -0.05) is 0 Å². The molecule has 0 aliphatic heterocycles. The van der Waals surface area contributed by atoms with Gasteiger partial charge >= 0.3 is 0 Å². The number of hydrogen-bond acceptors (Lipinski definition) is 3. The molecule has 0 atom stereocenters. The average Bonchev–Trinajstić information content (AvgIpc) is 1.98. The molecule has 1 aromatic heterocycles. The van der Waals surface area contributed by atoms with Crippen molar-refractivity contribution in [1.82, 2.24) is 0 Å². The molecule has 1 aromatic rings. The van der Waals surface area contributed by atoms with E-state index in [0.717, 1.165) is 16.3 Å². The van der Waals surface area contributed by atoms with Crippen LogP contribution in [0.15, 0.2) is 0 Å². The SMILES string of the molecule is Cc1sc(N)c(N)c1C. The van der Waals surface area contributed by atoms with Crippen molar-refractivity contribution in [2.75, 3.05) is 11.5 Å². The summed E-state index contributed by atoms with van der Waals surface area (Å²) in [5, 5.41) is 0.741. The van der Waals surface area contributed by atoms with Crippen molar-refractivity contribution in [2.24, 2.45) is 0 Å². The highest BCUT2D eigenvalue weighted by Gasteiger charge is 2.04. The van der Waals surface area contributed by atoms with Crippen LogP contribution in [0.25, 0.3) is 0 Å². The second kappa shape index (κ2) is 1.92. The number of rotatable bonds is 0. The van der Waals surface area contributed by atoms with Crippen molar-refractivity contribution in [3.63, 3.8) is 0 Å². The Hall–Kier alpha value is -0.700. The van der Waals surface area contributed by atoms with E-state index in [9.17, 15) is 0 Å². The van der Waals surface area contributed by atoms with E-state index >= 15 is 0 Å². The van der Waals surface area contributed by atoms with Crippen molar-refractivity contribution >= 4 is 22.0 Å². The second-order valence-electron chi connectivity index (χ2n) is 2.06. The first-order valence-electron chi connectivity index (χ1n) is 2.74. The van der Waals surface area contributed by atoms with Gasteiger partial charge in [-0.15, -0.1) is 11.3 Å². The van der Waals surface area contributed by atoms with Gasteiger partial charge in [0, 0.05) is 4.88 Å². The molecule has 1 rings (SSSR count). The van der Waals surface area contributed by atoms with E-state index in [4.69, 9.17) is 11.5 Å². The van der Waals surface area contributed by atoms with Gasteiger partial charge in [-0.2, -0.15) is 0 Å². The van der Waals surface area contributed by atoms with Crippen LogP contribution in [-0.4, -0.2) is 0 Å². The van der Waals surface area contributed by atoms with E-state index in [1.54, 1.807) is 11.3 Å². The maximum absolute atomic E-state index is 5.59. The molecule has 0 aliphatic rings. The quantitative estimate of drug-likeness (QED) is 0.577. The van der Waals surface area contributed by atoms with Crippen molar-refractivity contribution < 1.29 is 0 Å². The Kier molecular flexibility index (Phi) is 1.37. The van der Waals surface area contributed by atoms with Crippen molar-refractivity contribution in [3.05, 3.63) is 10.4 Å². The highest BCUT2D eigenvalue weighted by Crippen LogP contribution is 2.31. The minimum Gasteiger partial charge on any atom is -0.396 e. The fourth-order valence-corrected chi connectivity index (χ4v) is 1.53. The maximum atomic E-state index is 5.59. The predicted octanol–water partition coefficient (Wildman–Crippen LogP) is 1.53. The predicted molar refractivity (Wildman–Crippen MR) is 42.6 cm³/mol. The van der Waals surface area contributed by atoms with Gasteiger partial charge in [0.1, 0.15) is 5.00 Å². The zero-order valence-corrected chi connectivity index (χ0v) is 6.38. The molecule has 50 valence electrons. The molecule has 1 heterocycles. The molecule has 0 bridgehead atoms. The maximum Gasteiger partial charge on any atom is 0.110 e. The Morgan fingerprint density at radius 1 is 1.22 bits per heavy atom. The fourth-order valence-electron chi connectivity index (χ4n) is 0.671. The molecule has 0 amide bonds. The number of hydrogen-bond donors (Lipinski definition) is 2. The molecular formula is C6H10N2S. The molecule has 0 spiro atoms. The summed E-state index contributed by atoms with van der Waals surface area (Å²) in [7, 11) is 0. The van der Waals surface area contributed by atoms with Crippen LogP contribution in [0.3, 0.4) is 0 Å². The smallest absolute Gasteiger partial charge is 0.110 e. The van der Waals surface area contributed by atoms with Gasteiger partial charge < -0.3 is 11.5 Å². The van der Waals surface area contributed by atoms with E-state index in [-0.39, 0.29) is 0 Å². The Morgan fingerprint density at radius 2 is 1.78 bits per heavy atom. The lowest BCUT2D eigenvalue weighted by Crippen LogP contribution is -1.89. The van der Waals surface area contributed by atoms with Gasteiger partial charge in [-0.25, -0.2) is 0 Å². The third kappa shape index (κ3) is 0.876. The summed E-state index contributed by atoms with van der Waals surface area (Å²) in [6, 6.07) is 0. The van der Waals surface area contributed by atoms with Gasteiger partial charge in [0.05, 0.1) is 5.69 Å². The summed E-state index contributed by atoms with van der Waals surface area (Å²) in [6.07, 6.45) is 0. The van der Waals surface area contributed by atoms with Gasteiger partial charge in [-0.05, 0) is 19.4 Å². The lowest BCUT2D eigenvalue weighted by molar-refractivity contribution is 1.44. The van der Waals surface area contributed by atoms with Crippen molar-refractivity contribution in [1.29, 1.82) is 0 Å². The fraction of sp³-hybridized carbons (Fsp3) is 0.333. The largest absolute Gasteiger partial charge is 0.396 e. The van der Waals surface area contributed by atoms with E-state index in [1.165, 1.54) is 4.88 Å². The molecule has 0 unspecified atom stereocenters. The van der Waals surface area contributed by atoms with Gasteiger partial charge in [0.25, 0.3) is 0 Å². The number of anilines is 2. The van der Waals surface area contributed by atoms with Crippen LogP contribution >= 0.6 is 11.3 Å². The van der Waals surface area contributed by atoms with E-state index in [0.29, 0.717) is 0 Å². The summed E-state index contributed by atoms with van der Waals surface area (Å²) in [4.78, 5) is 1.21. The normalized spacial score (nSPS) is 10.0. The minimum atomic E-state index is 0.741. The molecule has 0 saturated carbocycles. The second-order valence-corrected chi connectivity index (χ2v) is 3.32. The van der Waals surface area contributed by atoms with Crippen LogP contribution in [0, 0.1) is 13.8 Å². The average molecular weight is 142 g/mol. The van der Waals surface area contributed by atoms with Crippen LogP contribution < -0.4 is 11.5 Å². The van der Waals surface area contributed by atoms with Gasteiger partial charge in [0.2, 0.25) is 0 Å². The molecule has 0 aliphatic carbocycles. The summed E-state index contributed by atoms with van der Waals surface area (Å²) in [6.45, 7) is 4.00. The van der Waals surface area contributed by atoms with Gasteiger partial charge in [-0.3, -0.25) is 0 Å². The van der Waals surface area contributed by atoms with E-state index < -0.39 is 0 Å². The molecule has 9 heavy (non-hydrogen) atoms. The first-order chi connectivity index (χ1) is 4.13. The van der Waals surface area contributed by atoms with Crippen LogP contribution in [0.1, 0.15) is 10.4 Å². The van der Waals surface area contributed by atoms with Crippen molar-refractivity contribution in [2.45, 2.75) is 13.8 Å². The monoisotopic (exact) mass is 142 g/mol. The van der Waals surface area contributed by atoms with Crippen LogP contribution in [0.5, 0.6) is 0 Å². The van der Waals surface area contributed by atoms with Crippen LogP contribution in [-0.2, 0) is 0 Å². The molecule has 3 heteroatoms. The Morgan fingerprint density at radius 3 is 1.89 bits per heavy atom. The molecule has 0 saturated heterocycles. The van der Waals surface area contributed by atoms with Crippen LogP contribution in [0.4, 0.5) is 10.7 Å². The highest BCUT2D eigenvalue weighted by atomic mass is 32.1. The third-order valence-corrected chi connectivity index (χ3v) is 2.51. The first-order valence-corrected chi connectivity index (χ1v) is 3.55. The lowest BCUT2D eigenvalue weighted by atomic mass is 10.2. The summed E-state index contributed by atoms with van der Waals surface area (Å²) < 4.78 is 0. The molecule has 0 fully saturated rings. The Labute approximate surface area is 58.5 Å². The first kappa shape index (κ1) is 6.42. The van der Waals surface area contributed by atoms with Gasteiger partial charge in [0.15, 0.2) is 0 Å². The zero-order valence-electron chi connectivity index (χ0n) is 5.56. The molecular weight excluding hydrogens is 132 g/mol. The topological polar surface area (TPSA) is 52.0 Å². The number of thiophene rings is 1. The summed E-state index contributed by atoms with van der Waals surface area (Å²) in [5.41, 5.74) is 13.0. The lowest BCUT2D eigenvalue weighted by Gasteiger charge is -1.89. The number of nitrogen functional groups attached to an aromatic ring is 2. The molecule has 0 aromatic carbocycles. The van der Waals surface area contributed by atoms with E-state index in [2.05, 4.69) is 0 Å². The number of nitrogens with two attached hydrogens (primary N) is 2. The molecule has 0 radical (unpaired) electrons. The summed E-state index contributed by atoms with van der Waals surface area (Å²) in [5.74, 6) is 0. The third-order valence-electron chi connectivity index (χ3n) is 1.46. The molecule has 4 N–H and O–H groups in total.